The molecule has 1 aromatic carbocycles. The topological polar surface area (TPSA) is 81.5 Å². The van der Waals surface area contributed by atoms with Crippen molar-refractivity contribution in [3.8, 4) is 0 Å². The van der Waals surface area contributed by atoms with Crippen molar-refractivity contribution in [2.24, 2.45) is 0 Å². The molecular weight excluding hydrogens is 255 g/mol. The van der Waals surface area contributed by atoms with Gasteiger partial charge in [0.1, 0.15) is 12.1 Å². The number of ether oxygens (including phenoxy) is 1. The molecule has 7 heteroatoms. The van der Waals surface area contributed by atoms with E-state index < -0.39 is 22.3 Å². The van der Waals surface area contributed by atoms with Gasteiger partial charge in [-0.2, -0.15) is 0 Å². The first-order chi connectivity index (χ1) is 8.69. The number of carbonyl (C=O) groups excluding carboxylic acids is 1. The van der Waals surface area contributed by atoms with Gasteiger partial charge in [0.15, 0.2) is 5.82 Å². The predicted octanol–water partition coefficient (Wildman–Crippen LogP) is 2.49. The molecule has 19 heavy (non-hydrogen) atoms. The molecule has 0 aliphatic rings. The monoisotopic (exact) mass is 270 g/mol. The number of nitrogens with one attached hydrogen (secondary N) is 1. The van der Waals surface area contributed by atoms with Gasteiger partial charge in [-0.1, -0.05) is 0 Å². The maximum atomic E-state index is 13.5. The Morgan fingerprint density at radius 3 is 2.58 bits per heavy atom. The average molecular weight is 270 g/mol. The maximum Gasteiger partial charge on any atom is 0.325 e. The SMILES string of the molecule is CC(C)(C)OC(=O)CNc1ccc([N+](=O)[O-])cc1F. The molecule has 1 aromatic rings. The van der Waals surface area contributed by atoms with Crippen LogP contribution in [0.25, 0.3) is 0 Å². The molecule has 0 radical (unpaired) electrons. The molecular formula is C12H15FN2O4. The lowest BCUT2D eigenvalue weighted by atomic mass is 10.2. The zero-order valence-electron chi connectivity index (χ0n) is 10.9. The zero-order chi connectivity index (χ0) is 14.6. The maximum absolute atomic E-state index is 13.5. The van der Waals surface area contributed by atoms with E-state index in [1.54, 1.807) is 20.8 Å². The summed E-state index contributed by atoms with van der Waals surface area (Å²) in [6.07, 6.45) is 0. The number of anilines is 1. The van der Waals surface area contributed by atoms with Crippen LogP contribution in [0.2, 0.25) is 0 Å². The predicted molar refractivity (Wildman–Crippen MR) is 67.4 cm³/mol. The largest absolute Gasteiger partial charge is 0.459 e. The highest BCUT2D eigenvalue weighted by Gasteiger charge is 2.17. The third kappa shape index (κ3) is 4.90. The van der Waals surface area contributed by atoms with Crippen LogP contribution in [0.3, 0.4) is 0 Å². The van der Waals surface area contributed by atoms with Crippen LogP contribution < -0.4 is 5.32 Å². The van der Waals surface area contributed by atoms with Crippen LogP contribution in [0.1, 0.15) is 20.8 Å². The van der Waals surface area contributed by atoms with Gasteiger partial charge in [-0.25, -0.2) is 4.39 Å². The molecule has 1 N–H and O–H groups in total. The molecule has 0 aliphatic heterocycles. The van der Waals surface area contributed by atoms with E-state index in [9.17, 15) is 19.3 Å². The second-order valence-electron chi connectivity index (χ2n) is 4.86. The van der Waals surface area contributed by atoms with Crippen molar-refractivity contribution in [1.82, 2.24) is 0 Å². The standard InChI is InChI=1S/C12H15FN2O4/c1-12(2,3)19-11(16)7-14-10-5-4-8(15(17)18)6-9(10)13/h4-6,14H,7H2,1-3H3. The molecule has 0 spiro atoms. The Balaban J connectivity index is 2.64. The highest BCUT2D eigenvalue weighted by atomic mass is 19.1. The Kier molecular flexibility index (Phi) is 4.42. The fourth-order valence-electron chi connectivity index (χ4n) is 1.31. The van der Waals surface area contributed by atoms with Crippen molar-refractivity contribution >= 4 is 17.3 Å². The molecule has 6 nitrogen and oxygen atoms in total. The Hall–Kier alpha value is -2.18. The van der Waals surface area contributed by atoms with Gasteiger partial charge in [-0.15, -0.1) is 0 Å². The van der Waals surface area contributed by atoms with E-state index in [0.717, 1.165) is 12.1 Å². The summed E-state index contributed by atoms with van der Waals surface area (Å²) in [4.78, 5) is 21.1. The minimum atomic E-state index is -0.794. The summed E-state index contributed by atoms with van der Waals surface area (Å²) in [6.45, 7) is 4.94. The molecule has 0 aromatic heterocycles. The third-order valence-electron chi connectivity index (χ3n) is 2.01. The van der Waals surface area contributed by atoms with E-state index >= 15 is 0 Å². The smallest absolute Gasteiger partial charge is 0.325 e. The minimum absolute atomic E-state index is 0.0106. The van der Waals surface area contributed by atoms with Crippen LogP contribution in [0.5, 0.6) is 0 Å². The summed E-state index contributed by atoms with van der Waals surface area (Å²) >= 11 is 0. The van der Waals surface area contributed by atoms with E-state index in [-0.39, 0.29) is 17.9 Å². The van der Waals surface area contributed by atoms with Crippen molar-refractivity contribution < 1.29 is 18.8 Å². The van der Waals surface area contributed by atoms with Gasteiger partial charge < -0.3 is 10.1 Å². The first-order valence-corrected chi connectivity index (χ1v) is 5.59. The summed E-state index contributed by atoms with van der Waals surface area (Å²) < 4.78 is 18.5. The summed E-state index contributed by atoms with van der Waals surface area (Å²) in [5.74, 6) is -1.33. The van der Waals surface area contributed by atoms with Crippen LogP contribution >= 0.6 is 0 Å². The lowest BCUT2D eigenvalue weighted by molar-refractivity contribution is -0.385. The summed E-state index contributed by atoms with van der Waals surface area (Å²) in [5.41, 5.74) is -0.955. The first-order valence-electron chi connectivity index (χ1n) is 5.59. The second-order valence-corrected chi connectivity index (χ2v) is 4.86. The summed E-state index contributed by atoms with van der Waals surface area (Å²) in [7, 11) is 0. The fraction of sp³-hybridized carbons (Fsp3) is 0.417. The summed E-state index contributed by atoms with van der Waals surface area (Å²) in [6, 6.07) is 3.15. The lowest BCUT2D eigenvalue weighted by Crippen LogP contribution is -2.28. The van der Waals surface area contributed by atoms with Crippen molar-refractivity contribution in [2.45, 2.75) is 26.4 Å². The molecule has 0 aliphatic carbocycles. The van der Waals surface area contributed by atoms with Crippen LogP contribution in [0.4, 0.5) is 15.8 Å². The van der Waals surface area contributed by atoms with Gasteiger partial charge in [-0.3, -0.25) is 14.9 Å². The van der Waals surface area contributed by atoms with E-state index in [0.29, 0.717) is 0 Å². The molecule has 0 heterocycles. The van der Waals surface area contributed by atoms with E-state index in [4.69, 9.17) is 4.74 Å². The number of carbonyl (C=O) groups is 1. The lowest BCUT2D eigenvalue weighted by Gasteiger charge is -2.19. The average Bonchev–Trinajstić information content (AvgIpc) is 2.24. The second kappa shape index (κ2) is 5.64. The fourth-order valence-corrected chi connectivity index (χ4v) is 1.31. The normalized spacial score (nSPS) is 10.9. The Bertz CT molecular complexity index is 497. The van der Waals surface area contributed by atoms with Gasteiger partial charge in [-0.05, 0) is 26.8 Å². The number of esters is 1. The molecule has 0 atom stereocenters. The van der Waals surface area contributed by atoms with Crippen LogP contribution in [0, 0.1) is 15.9 Å². The number of nitro groups is 1. The van der Waals surface area contributed by atoms with Gasteiger partial charge in [0.2, 0.25) is 0 Å². The Morgan fingerprint density at radius 2 is 2.11 bits per heavy atom. The van der Waals surface area contributed by atoms with E-state index in [2.05, 4.69) is 5.32 Å². The molecule has 0 amide bonds. The molecule has 1 rings (SSSR count). The molecule has 0 saturated heterocycles. The molecule has 0 fully saturated rings. The molecule has 104 valence electrons. The molecule has 0 unspecified atom stereocenters. The highest BCUT2D eigenvalue weighted by molar-refractivity contribution is 5.75. The van der Waals surface area contributed by atoms with Crippen LogP contribution in [-0.2, 0) is 9.53 Å². The first kappa shape index (κ1) is 14.9. The number of rotatable bonds is 4. The quantitative estimate of drug-likeness (QED) is 0.516. The van der Waals surface area contributed by atoms with Crippen molar-refractivity contribution in [3.05, 3.63) is 34.1 Å². The number of non-ortho nitro benzene ring substituents is 1. The van der Waals surface area contributed by atoms with Crippen molar-refractivity contribution in [1.29, 1.82) is 0 Å². The number of halogens is 1. The van der Waals surface area contributed by atoms with E-state index in [1.807, 2.05) is 0 Å². The van der Waals surface area contributed by atoms with Gasteiger partial charge in [0.25, 0.3) is 5.69 Å². The zero-order valence-corrected chi connectivity index (χ0v) is 10.9. The Labute approximate surface area is 109 Å². The van der Waals surface area contributed by atoms with E-state index in [1.165, 1.54) is 6.07 Å². The number of hydrogen-bond donors (Lipinski definition) is 1. The molecule has 0 saturated carbocycles. The number of benzene rings is 1. The number of nitro benzene ring substituents is 1. The third-order valence-corrected chi connectivity index (χ3v) is 2.01. The van der Waals surface area contributed by atoms with Gasteiger partial charge >= 0.3 is 5.97 Å². The van der Waals surface area contributed by atoms with Gasteiger partial charge in [0.05, 0.1) is 16.7 Å². The van der Waals surface area contributed by atoms with Crippen LogP contribution in [0.15, 0.2) is 18.2 Å². The number of nitrogens with zero attached hydrogens (tertiary/aromatic N) is 1. The van der Waals surface area contributed by atoms with Gasteiger partial charge in [0, 0.05) is 6.07 Å². The van der Waals surface area contributed by atoms with Crippen molar-refractivity contribution in [2.75, 3.05) is 11.9 Å². The number of hydrogen-bond acceptors (Lipinski definition) is 5. The highest BCUT2D eigenvalue weighted by Crippen LogP contribution is 2.20. The van der Waals surface area contributed by atoms with Crippen molar-refractivity contribution in [3.63, 3.8) is 0 Å². The van der Waals surface area contributed by atoms with Crippen LogP contribution in [-0.4, -0.2) is 23.0 Å². The minimum Gasteiger partial charge on any atom is -0.459 e. The molecule has 0 bridgehead atoms. The Morgan fingerprint density at radius 1 is 1.47 bits per heavy atom. The summed E-state index contributed by atoms with van der Waals surface area (Å²) in [5, 5.41) is 13.0.